The highest BCUT2D eigenvalue weighted by atomic mass is 16.2. The Morgan fingerprint density at radius 2 is 2.12 bits per heavy atom. The van der Waals surface area contributed by atoms with E-state index in [9.17, 15) is 4.79 Å². The van der Waals surface area contributed by atoms with Crippen LogP contribution in [0.4, 0.5) is 5.82 Å². The molecule has 2 aromatic heterocycles. The van der Waals surface area contributed by atoms with Gasteiger partial charge in [-0.1, -0.05) is 6.42 Å². The van der Waals surface area contributed by atoms with E-state index in [0.717, 1.165) is 50.4 Å². The molecule has 134 valence electrons. The number of anilines is 1. The first-order valence-corrected chi connectivity index (χ1v) is 9.00. The molecular weight excluding hydrogens is 318 g/mol. The molecule has 0 spiro atoms. The number of hydrogen-bond acceptors (Lipinski definition) is 6. The van der Waals surface area contributed by atoms with Crippen molar-refractivity contribution in [2.24, 2.45) is 0 Å². The maximum absolute atomic E-state index is 12.1. The van der Waals surface area contributed by atoms with Crippen LogP contribution in [0.1, 0.15) is 25.7 Å². The van der Waals surface area contributed by atoms with Crippen molar-refractivity contribution in [3.05, 3.63) is 18.5 Å². The van der Waals surface area contributed by atoms with Crippen molar-refractivity contribution in [2.45, 2.75) is 37.8 Å². The molecule has 1 amide bonds. The first kappa shape index (κ1) is 16.3. The maximum Gasteiger partial charge on any atom is 0.222 e. The summed E-state index contributed by atoms with van der Waals surface area (Å²) in [6.07, 6.45) is 5.60. The van der Waals surface area contributed by atoms with Crippen LogP contribution in [-0.4, -0.2) is 81.3 Å². The van der Waals surface area contributed by atoms with E-state index in [1.54, 1.807) is 10.8 Å². The lowest BCUT2D eigenvalue weighted by Gasteiger charge is -2.46. The Morgan fingerprint density at radius 1 is 1.28 bits per heavy atom. The normalized spacial score (nSPS) is 22.5. The Kier molecular flexibility index (Phi) is 4.29. The van der Waals surface area contributed by atoms with Gasteiger partial charge in [-0.2, -0.15) is 4.52 Å². The van der Waals surface area contributed by atoms with Gasteiger partial charge in [0.1, 0.15) is 12.1 Å². The second-order valence-electron chi connectivity index (χ2n) is 7.23. The number of amides is 1. The Hall–Kier alpha value is -2.22. The van der Waals surface area contributed by atoms with E-state index in [0.29, 0.717) is 18.5 Å². The van der Waals surface area contributed by atoms with Gasteiger partial charge in [-0.3, -0.25) is 9.69 Å². The molecule has 8 heteroatoms. The molecule has 0 radical (unpaired) electrons. The molecule has 2 aliphatic heterocycles. The third-order valence-corrected chi connectivity index (χ3v) is 5.58. The van der Waals surface area contributed by atoms with E-state index in [1.807, 2.05) is 24.1 Å². The van der Waals surface area contributed by atoms with Gasteiger partial charge in [0.15, 0.2) is 5.65 Å². The number of carbonyl (C=O) groups is 1. The molecule has 0 bridgehead atoms. The summed E-state index contributed by atoms with van der Waals surface area (Å²) >= 11 is 0. The summed E-state index contributed by atoms with van der Waals surface area (Å²) in [5.41, 5.74) is 0.763. The van der Waals surface area contributed by atoms with Crippen molar-refractivity contribution in [2.75, 3.05) is 38.6 Å². The summed E-state index contributed by atoms with van der Waals surface area (Å²) in [5.74, 6) is 1.25. The van der Waals surface area contributed by atoms with E-state index < -0.39 is 0 Å². The quantitative estimate of drug-likeness (QED) is 0.812. The number of hydrogen-bond donors (Lipinski definition) is 0. The number of rotatable bonds is 4. The largest absolute Gasteiger partial charge is 0.352 e. The molecular formula is C17H25N7O. The van der Waals surface area contributed by atoms with Crippen LogP contribution in [0.5, 0.6) is 0 Å². The van der Waals surface area contributed by atoms with Crippen molar-refractivity contribution in [3.63, 3.8) is 0 Å². The summed E-state index contributed by atoms with van der Waals surface area (Å²) in [5, 5.41) is 12.4. The summed E-state index contributed by atoms with van der Waals surface area (Å²) in [6, 6.07) is 4.78. The highest BCUT2D eigenvalue weighted by Crippen LogP contribution is 2.23. The van der Waals surface area contributed by atoms with Crippen LogP contribution in [0, 0.1) is 0 Å². The van der Waals surface area contributed by atoms with Crippen LogP contribution in [0.3, 0.4) is 0 Å². The third-order valence-electron chi connectivity index (χ3n) is 5.58. The lowest BCUT2D eigenvalue weighted by atomic mass is 10.0. The fourth-order valence-electron chi connectivity index (χ4n) is 3.73. The first-order chi connectivity index (χ1) is 12.1. The molecule has 2 aliphatic rings. The van der Waals surface area contributed by atoms with Crippen molar-refractivity contribution in [3.8, 4) is 0 Å². The lowest BCUT2D eigenvalue weighted by molar-refractivity contribution is -0.131. The number of likely N-dealkylation sites (N-methyl/N-ethyl adjacent to an activating group) is 2. The van der Waals surface area contributed by atoms with Gasteiger partial charge in [-0.05, 0) is 32.0 Å². The Labute approximate surface area is 147 Å². The molecule has 1 unspecified atom stereocenters. The Morgan fingerprint density at radius 3 is 2.96 bits per heavy atom. The van der Waals surface area contributed by atoms with E-state index in [2.05, 4.69) is 32.1 Å². The minimum atomic E-state index is 0.289. The topological polar surface area (TPSA) is 69.9 Å². The molecule has 8 nitrogen and oxygen atoms in total. The van der Waals surface area contributed by atoms with Crippen molar-refractivity contribution in [1.29, 1.82) is 0 Å². The highest BCUT2D eigenvalue weighted by Gasteiger charge is 2.33. The molecule has 0 N–H and O–H groups in total. The molecule has 2 aromatic rings. The zero-order valence-corrected chi connectivity index (χ0v) is 14.9. The smallest absolute Gasteiger partial charge is 0.222 e. The number of nitrogens with zero attached hydrogens (tertiary/aromatic N) is 7. The predicted octanol–water partition coefficient (Wildman–Crippen LogP) is 0.646. The second-order valence-corrected chi connectivity index (χ2v) is 7.23. The van der Waals surface area contributed by atoms with E-state index in [4.69, 9.17) is 0 Å². The minimum absolute atomic E-state index is 0.289. The Bertz CT molecular complexity index is 754. The molecule has 0 aromatic carbocycles. The molecule has 4 rings (SSSR count). The number of aromatic nitrogens is 4. The molecule has 0 saturated carbocycles. The van der Waals surface area contributed by atoms with Crippen LogP contribution in [-0.2, 0) is 4.79 Å². The molecule has 4 heterocycles. The fourth-order valence-corrected chi connectivity index (χ4v) is 3.73. The monoisotopic (exact) mass is 343 g/mol. The van der Waals surface area contributed by atoms with Gasteiger partial charge >= 0.3 is 0 Å². The van der Waals surface area contributed by atoms with Crippen LogP contribution in [0.25, 0.3) is 5.65 Å². The SMILES string of the molecule is CN(CC1CCCCC(=O)N1C)C1CN(c2ccc3nncn3n2)C1. The summed E-state index contributed by atoms with van der Waals surface area (Å²) in [4.78, 5) is 18.7. The van der Waals surface area contributed by atoms with Gasteiger partial charge < -0.3 is 9.80 Å². The molecule has 25 heavy (non-hydrogen) atoms. The number of carbonyl (C=O) groups excluding carboxylic acids is 1. The van der Waals surface area contributed by atoms with E-state index in [-0.39, 0.29) is 5.91 Å². The number of fused-ring (bicyclic) bond motifs is 1. The van der Waals surface area contributed by atoms with Gasteiger partial charge in [0.05, 0.1) is 0 Å². The maximum atomic E-state index is 12.1. The van der Waals surface area contributed by atoms with Crippen LogP contribution < -0.4 is 4.90 Å². The minimum Gasteiger partial charge on any atom is -0.352 e. The third kappa shape index (κ3) is 3.18. The van der Waals surface area contributed by atoms with Gasteiger partial charge in [0, 0.05) is 45.2 Å². The van der Waals surface area contributed by atoms with Gasteiger partial charge in [0.25, 0.3) is 0 Å². The molecule has 1 atom stereocenters. The zero-order chi connectivity index (χ0) is 17.4. The van der Waals surface area contributed by atoms with Crippen molar-refractivity contribution >= 4 is 17.4 Å². The summed E-state index contributed by atoms with van der Waals surface area (Å²) in [6.45, 7) is 2.86. The summed E-state index contributed by atoms with van der Waals surface area (Å²) < 4.78 is 1.71. The number of likely N-dealkylation sites (tertiary alicyclic amines) is 1. The van der Waals surface area contributed by atoms with Gasteiger partial charge in [-0.15, -0.1) is 15.3 Å². The average Bonchev–Trinajstić information content (AvgIpc) is 2.97. The predicted molar refractivity (Wildman–Crippen MR) is 94.4 cm³/mol. The Balaban J connectivity index is 1.34. The lowest BCUT2D eigenvalue weighted by Crippen LogP contribution is -2.60. The van der Waals surface area contributed by atoms with E-state index >= 15 is 0 Å². The van der Waals surface area contributed by atoms with Gasteiger partial charge in [0.2, 0.25) is 5.91 Å². The molecule has 2 saturated heterocycles. The average molecular weight is 343 g/mol. The first-order valence-electron chi connectivity index (χ1n) is 9.00. The molecule has 0 aliphatic carbocycles. The zero-order valence-electron chi connectivity index (χ0n) is 14.9. The van der Waals surface area contributed by atoms with Crippen molar-refractivity contribution in [1.82, 2.24) is 29.6 Å². The van der Waals surface area contributed by atoms with Crippen LogP contribution in [0.2, 0.25) is 0 Å². The highest BCUT2D eigenvalue weighted by molar-refractivity contribution is 5.76. The van der Waals surface area contributed by atoms with Gasteiger partial charge in [-0.25, -0.2) is 0 Å². The molecule has 2 fully saturated rings. The fraction of sp³-hybridized carbons (Fsp3) is 0.647. The van der Waals surface area contributed by atoms with Crippen LogP contribution in [0.15, 0.2) is 18.5 Å². The van der Waals surface area contributed by atoms with E-state index in [1.165, 1.54) is 0 Å². The summed E-state index contributed by atoms with van der Waals surface area (Å²) in [7, 11) is 4.12. The standard InChI is InChI=1S/C17H25N7O/c1-21(9-13-5-3-4-6-17(25)22(13)2)14-10-23(11-14)16-8-7-15-19-18-12-24(15)20-16/h7-8,12-14H,3-6,9-11H2,1-2H3. The van der Waals surface area contributed by atoms with Crippen molar-refractivity contribution < 1.29 is 4.79 Å². The van der Waals surface area contributed by atoms with Crippen LogP contribution >= 0.6 is 0 Å². The second kappa shape index (κ2) is 6.59.